The predicted molar refractivity (Wildman–Crippen MR) is 103 cm³/mol. The lowest BCUT2D eigenvalue weighted by molar-refractivity contribution is -0.118. The Morgan fingerprint density at radius 2 is 2.14 bits per heavy atom. The molecule has 0 fully saturated rings. The number of hydrogen-bond acceptors (Lipinski definition) is 7. The number of aliphatic hydroxyl groups is 1. The molecule has 2 heterocycles. The summed E-state index contributed by atoms with van der Waals surface area (Å²) in [5, 5.41) is 12.7. The fourth-order valence-electron chi connectivity index (χ4n) is 3.47. The number of amides is 1. The summed E-state index contributed by atoms with van der Waals surface area (Å²) in [6, 6.07) is 5.56. The van der Waals surface area contributed by atoms with Gasteiger partial charge in [0.15, 0.2) is 11.5 Å². The van der Waals surface area contributed by atoms with Crippen LogP contribution in [0.3, 0.4) is 0 Å². The van der Waals surface area contributed by atoms with Crippen LogP contribution in [0.4, 0.5) is 0 Å². The molecule has 0 spiro atoms. The first-order valence-corrected chi connectivity index (χ1v) is 10.2. The first-order chi connectivity index (χ1) is 13.7. The second-order valence-electron chi connectivity index (χ2n) is 6.61. The first kappa shape index (κ1) is 18.8. The van der Waals surface area contributed by atoms with Crippen LogP contribution in [0.5, 0.6) is 11.5 Å². The van der Waals surface area contributed by atoms with Gasteiger partial charge in [0, 0.05) is 17.8 Å². The number of hydrogen-bond donors (Lipinski definition) is 2. The third-order valence-corrected chi connectivity index (χ3v) is 5.81. The average Bonchev–Trinajstić information content (AvgIpc) is 3.36. The normalized spacial score (nSPS) is 14.2. The molecule has 9 heteroatoms. The summed E-state index contributed by atoms with van der Waals surface area (Å²) in [5.41, 5.74) is 2.53. The van der Waals surface area contributed by atoms with Crippen LogP contribution in [0.15, 0.2) is 28.0 Å². The molecule has 0 saturated carbocycles. The molecule has 148 valence electrons. The maximum atomic E-state index is 12.2. The van der Waals surface area contributed by atoms with Gasteiger partial charge < -0.3 is 19.9 Å². The highest BCUT2D eigenvalue weighted by atomic mass is 32.2. The minimum absolute atomic E-state index is 0.0945. The van der Waals surface area contributed by atoms with Crippen molar-refractivity contribution < 1.29 is 19.4 Å². The number of carbonyl (C=O) groups is 1. The maximum Gasteiger partial charge on any atom is 0.348 e. The largest absolute Gasteiger partial charge is 0.454 e. The smallest absolute Gasteiger partial charge is 0.348 e. The minimum Gasteiger partial charge on any atom is -0.454 e. The minimum atomic E-state index is -0.363. The topological polar surface area (TPSA) is 103 Å². The van der Waals surface area contributed by atoms with Gasteiger partial charge in [-0.2, -0.15) is 4.98 Å². The molecule has 28 heavy (non-hydrogen) atoms. The molecule has 0 bridgehead atoms. The van der Waals surface area contributed by atoms with Crippen LogP contribution in [-0.2, 0) is 30.7 Å². The molecule has 1 aromatic carbocycles. The van der Waals surface area contributed by atoms with E-state index in [2.05, 4.69) is 10.3 Å². The summed E-state index contributed by atoms with van der Waals surface area (Å²) in [5.74, 6) is 1.45. The molecule has 2 N–H and O–H groups in total. The lowest BCUT2D eigenvalue weighted by Crippen LogP contribution is -2.29. The number of aliphatic hydroxyl groups excluding tert-OH is 1. The SMILES string of the molecule is O=C(CSc1nc(=O)n(CCO)c2c1CCC2)NCc1ccc2c(c1)OCO2. The van der Waals surface area contributed by atoms with Gasteiger partial charge in [0.1, 0.15) is 5.03 Å². The van der Waals surface area contributed by atoms with Gasteiger partial charge in [-0.05, 0) is 37.0 Å². The number of rotatable bonds is 7. The average molecular weight is 403 g/mol. The van der Waals surface area contributed by atoms with Gasteiger partial charge in [-0.1, -0.05) is 17.8 Å². The van der Waals surface area contributed by atoms with Gasteiger partial charge in [-0.15, -0.1) is 0 Å². The number of nitrogens with zero attached hydrogens (tertiary/aromatic N) is 2. The second-order valence-corrected chi connectivity index (χ2v) is 7.57. The molecule has 1 aromatic heterocycles. The number of nitrogens with one attached hydrogen (secondary N) is 1. The van der Waals surface area contributed by atoms with Crippen LogP contribution in [0.25, 0.3) is 0 Å². The monoisotopic (exact) mass is 403 g/mol. The third-order valence-electron chi connectivity index (χ3n) is 4.79. The summed E-state index contributed by atoms with van der Waals surface area (Å²) in [6.45, 7) is 0.772. The Bertz CT molecular complexity index is 959. The van der Waals surface area contributed by atoms with E-state index in [1.807, 2.05) is 18.2 Å². The van der Waals surface area contributed by atoms with E-state index in [0.717, 1.165) is 36.1 Å². The lowest BCUT2D eigenvalue weighted by atomic mass is 10.2. The van der Waals surface area contributed by atoms with E-state index in [4.69, 9.17) is 14.6 Å². The van der Waals surface area contributed by atoms with E-state index in [0.29, 0.717) is 23.1 Å². The van der Waals surface area contributed by atoms with Crippen molar-refractivity contribution in [1.82, 2.24) is 14.9 Å². The van der Waals surface area contributed by atoms with Gasteiger partial charge in [-0.3, -0.25) is 9.36 Å². The van der Waals surface area contributed by atoms with Crippen LogP contribution >= 0.6 is 11.8 Å². The van der Waals surface area contributed by atoms with Crippen LogP contribution in [0, 0.1) is 0 Å². The van der Waals surface area contributed by atoms with Gasteiger partial charge >= 0.3 is 5.69 Å². The zero-order valence-corrected chi connectivity index (χ0v) is 16.1. The standard InChI is InChI=1S/C19H21N3O5S/c23-7-6-22-14-3-1-2-13(14)18(21-19(22)25)28-10-17(24)20-9-12-4-5-15-16(8-12)27-11-26-15/h4-5,8,23H,1-3,6-7,9-11H2,(H,20,24). The summed E-state index contributed by atoms with van der Waals surface area (Å²) >= 11 is 1.29. The van der Waals surface area contributed by atoms with Crippen molar-refractivity contribution in [2.24, 2.45) is 0 Å². The molecule has 0 radical (unpaired) electrons. The molecule has 8 nitrogen and oxygen atoms in total. The maximum absolute atomic E-state index is 12.2. The zero-order valence-electron chi connectivity index (χ0n) is 15.3. The van der Waals surface area contributed by atoms with Crippen molar-refractivity contribution >= 4 is 17.7 Å². The predicted octanol–water partition coefficient (Wildman–Crippen LogP) is 0.861. The Balaban J connectivity index is 1.37. The van der Waals surface area contributed by atoms with Crippen LogP contribution < -0.4 is 20.5 Å². The lowest BCUT2D eigenvalue weighted by Gasteiger charge is -2.13. The van der Waals surface area contributed by atoms with E-state index in [-0.39, 0.29) is 37.3 Å². The summed E-state index contributed by atoms with van der Waals surface area (Å²) in [7, 11) is 0. The fourth-order valence-corrected chi connectivity index (χ4v) is 4.38. The molecule has 2 aliphatic rings. The number of thioether (sulfide) groups is 1. The van der Waals surface area contributed by atoms with Gasteiger partial charge in [-0.25, -0.2) is 4.79 Å². The van der Waals surface area contributed by atoms with E-state index < -0.39 is 0 Å². The van der Waals surface area contributed by atoms with Gasteiger partial charge in [0.05, 0.1) is 18.9 Å². The number of carbonyl (C=O) groups excluding carboxylic acids is 1. The number of fused-ring (bicyclic) bond motifs is 2. The summed E-state index contributed by atoms with van der Waals surface area (Å²) < 4.78 is 12.2. The van der Waals surface area contributed by atoms with Crippen LogP contribution in [0.2, 0.25) is 0 Å². The Kier molecular flexibility index (Phi) is 5.54. The number of benzene rings is 1. The molecule has 0 saturated heterocycles. The molecule has 1 aliphatic carbocycles. The van der Waals surface area contributed by atoms with Crippen molar-refractivity contribution in [3.8, 4) is 11.5 Å². The molecule has 1 aliphatic heterocycles. The Morgan fingerprint density at radius 3 is 3.00 bits per heavy atom. The van der Waals surface area contributed by atoms with Crippen LogP contribution in [-0.4, -0.2) is 39.7 Å². The highest BCUT2D eigenvalue weighted by molar-refractivity contribution is 7.99. The second kappa shape index (κ2) is 8.24. The van der Waals surface area contributed by atoms with E-state index >= 15 is 0 Å². The third kappa shape index (κ3) is 3.85. The summed E-state index contributed by atoms with van der Waals surface area (Å²) in [4.78, 5) is 28.6. The van der Waals surface area contributed by atoms with Crippen molar-refractivity contribution in [2.45, 2.75) is 37.4 Å². The zero-order chi connectivity index (χ0) is 19.5. The molecule has 2 aromatic rings. The summed E-state index contributed by atoms with van der Waals surface area (Å²) in [6.07, 6.45) is 2.60. The van der Waals surface area contributed by atoms with E-state index in [9.17, 15) is 9.59 Å². The highest BCUT2D eigenvalue weighted by Crippen LogP contribution is 2.32. The van der Waals surface area contributed by atoms with Gasteiger partial charge in [0.2, 0.25) is 12.7 Å². The molecular weight excluding hydrogens is 382 g/mol. The molecule has 0 unspecified atom stereocenters. The Morgan fingerprint density at radius 1 is 1.29 bits per heavy atom. The quantitative estimate of drug-likeness (QED) is 0.522. The molecule has 4 rings (SSSR count). The van der Waals surface area contributed by atoms with Gasteiger partial charge in [0.25, 0.3) is 0 Å². The molecule has 1 amide bonds. The van der Waals surface area contributed by atoms with E-state index in [1.54, 1.807) is 4.57 Å². The van der Waals surface area contributed by atoms with E-state index in [1.165, 1.54) is 11.8 Å². The highest BCUT2D eigenvalue weighted by Gasteiger charge is 2.22. The first-order valence-electron chi connectivity index (χ1n) is 9.17. The number of aromatic nitrogens is 2. The number of ether oxygens (including phenoxy) is 2. The fraction of sp³-hybridized carbons (Fsp3) is 0.421. The Labute approximate surface area is 165 Å². The molecule has 0 atom stereocenters. The van der Waals surface area contributed by atoms with Crippen LogP contribution in [0.1, 0.15) is 23.2 Å². The Hall–Kier alpha value is -2.52. The molecular formula is C19H21N3O5S. The van der Waals surface area contributed by atoms with Crippen molar-refractivity contribution in [1.29, 1.82) is 0 Å². The van der Waals surface area contributed by atoms with Crippen molar-refractivity contribution in [3.05, 3.63) is 45.5 Å². The van der Waals surface area contributed by atoms with Crippen molar-refractivity contribution in [2.75, 3.05) is 19.2 Å². The van der Waals surface area contributed by atoms with Crippen molar-refractivity contribution in [3.63, 3.8) is 0 Å².